The lowest BCUT2D eigenvalue weighted by atomic mass is 10.0. The molecule has 0 aliphatic rings. The van der Waals surface area contributed by atoms with E-state index in [2.05, 4.69) is 36.4 Å². The van der Waals surface area contributed by atoms with Gasteiger partial charge in [-0.3, -0.25) is 4.57 Å². The minimum absolute atomic E-state index is 0.0952. The second kappa shape index (κ2) is 9.97. The number of rotatable bonds is 4. The SMILES string of the molecule is [2H]c1c([2H])c([2H])c2c(c1[2H])c1ccc3c4cc(-c5ccccc5)ccc4sc3c1n2-c1nc(-c2ccccc2)nc(-c2ccccc2)n1. The number of hydrogen-bond donors (Lipinski definition) is 0. The summed E-state index contributed by atoms with van der Waals surface area (Å²) in [5.41, 5.74) is 4.92. The number of aromatic nitrogens is 4. The van der Waals surface area contributed by atoms with Gasteiger partial charge in [0.1, 0.15) is 0 Å². The highest BCUT2D eigenvalue weighted by Crippen LogP contribution is 2.43. The van der Waals surface area contributed by atoms with Gasteiger partial charge in [-0.05, 0) is 29.3 Å². The molecule has 0 atom stereocenters. The fourth-order valence-corrected chi connectivity index (χ4v) is 7.16. The first kappa shape index (κ1) is 21.1. The van der Waals surface area contributed by atoms with Crippen molar-refractivity contribution < 1.29 is 5.48 Å². The van der Waals surface area contributed by atoms with Gasteiger partial charge in [0.25, 0.3) is 0 Å². The van der Waals surface area contributed by atoms with Gasteiger partial charge in [-0.15, -0.1) is 11.3 Å². The summed E-state index contributed by atoms with van der Waals surface area (Å²) in [5, 5.41) is 3.27. The van der Waals surface area contributed by atoms with E-state index >= 15 is 0 Å². The van der Waals surface area contributed by atoms with E-state index < -0.39 is 0 Å². The molecule has 0 saturated heterocycles. The molecule has 0 aliphatic heterocycles. The van der Waals surface area contributed by atoms with Crippen LogP contribution in [0.4, 0.5) is 0 Å². The summed E-state index contributed by atoms with van der Waals surface area (Å²) >= 11 is 1.63. The average molecular weight is 585 g/mol. The molecular formula is C39H24N4S. The van der Waals surface area contributed by atoms with Crippen molar-refractivity contribution in [3.63, 3.8) is 0 Å². The molecule has 0 radical (unpaired) electrons. The van der Waals surface area contributed by atoms with Gasteiger partial charge in [0.05, 0.1) is 21.2 Å². The standard InChI is InChI=1S/C39H24N4S/c1-4-12-25(13-5-1)28-20-23-34-32(24-28)31-22-21-30-29-18-10-11-19-33(29)43(35(30)36(31)44-34)39-41-37(26-14-6-2-7-15-26)40-38(42-39)27-16-8-3-9-17-27/h1-24H/i10D,11D,18D,19D. The Hall–Kier alpha value is -5.65. The smallest absolute Gasteiger partial charge is 0.238 e. The summed E-state index contributed by atoms with van der Waals surface area (Å²) in [6, 6.07) is 39.4. The van der Waals surface area contributed by atoms with E-state index in [0.29, 0.717) is 27.9 Å². The van der Waals surface area contributed by atoms with Crippen molar-refractivity contribution in [1.82, 2.24) is 19.5 Å². The quantitative estimate of drug-likeness (QED) is 0.207. The van der Waals surface area contributed by atoms with E-state index in [1.54, 1.807) is 11.3 Å². The molecule has 0 unspecified atom stereocenters. The van der Waals surface area contributed by atoms with Crippen LogP contribution >= 0.6 is 11.3 Å². The largest absolute Gasteiger partial charge is 0.276 e. The van der Waals surface area contributed by atoms with Gasteiger partial charge < -0.3 is 0 Å². The van der Waals surface area contributed by atoms with Crippen LogP contribution in [-0.2, 0) is 0 Å². The van der Waals surface area contributed by atoms with Crippen molar-refractivity contribution in [3.05, 3.63) is 145 Å². The lowest BCUT2D eigenvalue weighted by molar-refractivity contribution is 0.955. The fourth-order valence-electron chi connectivity index (χ4n) is 5.94. The lowest BCUT2D eigenvalue weighted by Gasteiger charge is -2.11. The minimum atomic E-state index is -0.308. The maximum absolute atomic E-state index is 9.14. The van der Waals surface area contributed by atoms with Crippen molar-refractivity contribution in [3.8, 4) is 39.9 Å². The van der Waals surface area contributed by atoms with Crippen molar-refractivity contribution >= 4 is 53.3 Å². The van der Waals surface area contributed by atoms with Gasteiger partial charge in [0.15, 0.2) is 11.6 Å². The van der Waals surface area contributed by atoms with Crippen LogP contribution in [0.3, 0.4) is 0 Å². The molecule has 0 N–H and O–H groups in total. The van der Waals surface area contributed by atoms with Crippen molar-refractivity contribution in [2.75, 3.05) is 0 Å². The Morgan fingerprint density at radius 2 is 1.14 bits per heavy atom. The maximum atomic E-state index is 9.14. The molecule has 0 bridgehead atoms. The predicted octanol–water partition coefficient (Wildman–Crippen LogP) is 10.3. The molecule has 5 heteroatoms. The van der Waals surface area contributed by atoms with Gasteiger partial charge in [-0.25, -0.2) is 4.98 Å². The van der Waals surface area contributed by atoms with Crippen LogP contribution in [0.2, 0.25) is 0 Å². The number of thiophene rings is 1. The zero-order valence-corrected chi connectivity index (χ0v) is 24.1. The first-order chi connectivity index (χ1) is 23.5. The molecule has 44 heavy (non-hydrogen) atoms. The zero-order chi connectivity index (χ0) is 32.5. The molecule has 3 aromatic heterocycles. The molecule has 0 spiro atoms. The average Bonchev–Trinajstić information content (AvgIpc) is 3.70. The summed E-state index contributed by atoms with van der Waals surface area (Å²) in [4.78, 5) is 14.9. The Morgan fingerprint density at radius 3 is 1.82 bits per heavy atom. The number of fused-ring (bicyclic) bond motifs is 7. The first-order valence-corrected chi connectivity index (χ1v) is 15.1. The zero-order valence-electron chi connectivity index (χ0n) is 27.2. The van der Waals surface area contributed by atoms with Crippen LogP contribution in [-0.4, -0.2) is 19.5 Å². The van der Waals surface area contributed by atoms with E-state index in [1.807, 2.05) is 89.5 Å². The third-order valence-corrected chi connectivity index (χ3v) is 9.19. The summed E-state index contributed by atoms with van der Waals surface area (Å²) in [5.74, 6) is 1.21. The highest BCUT2D eigenvalue weighted by atomic mass is 32.1. The van der Waals surface area contributed by atoms with E-state index in [0.717, 1.165) is 47.9 Å². The van der Waals surface area contributed by atoms with Crippen LogP contribution in [0.15, 0.2) is 145 Å². The lowest BCUT2D eigenvalue weighted by Crippen LogP contribution is -2.06. The number of para-hydroxylation sites is 1. The van der Waals surface area contributed by atoms with Gasteiger partial charge in [0.2, 0.25) is 5.95 Å². The third-order valence-electron chi connectivity index (χ3n) is 7.99. The van der Waals surface area contributed by atoms with E-state index in [4.69, 9.17) is 20.4 Å². The molecule has 0 fully saturated rings. The minimum Gasteiger partial charge on any atom is -0.276 e. The Morgan fingerprint density at radius 1 is 0.523 bits per heavy atom. The molecule has 206 valence electrons. The van der Waals surface area contributed by atoms with E-state index in [1.165, 1.54) is 0 Å². The van der Waals surface area contributed by atoms with E-state index in [9.17, 15) is 0 Å². The summed E-state index contributed by atoms with van der Waals surface area (Å²) in [7, 11) is 0. The summed E-state index contributed by atoms with van der Waals surface area (Å²) < 4.78 is 39.2. The van der Waals surface area contributed by atoms with Crippen molar-refractivity contribution in [2.24, 2.45) is 0 Å². The van der Waals surface area contributed by atoms with Crippen LogP contribution < -0.4 is 0 Å². The molecule has 9 aromatic rings. The van der Waals surface area contributed by atoms with Crippen LogP contribution in [0, 0.1) is 0 Å². The molecule has 0 saturated carbocycles. The summed E-state index contributed by atoms with van der Waals surface area (Å²) in [6.45, 7) is 0. The summed E-state index contributed by atoms with van der Waals surface area (Å²) in [6.07, 6.45) is 0. The predicted molar refractivity (Wildman–Crippen MR) is 183 cm³/mol. The Labute approximate surface area is 263 Å². The normalized spacial score (nSPS) is 12.9. The molecule has 3 heterocycles. The maximum Gasteiger partial charge on any atom is 0.238 e. The Bertz CT molecular complexity index is 2650. The topological polar surface area (TPSA) is 43.6 Å². The number of hydrogen-bond acceptors (Lipinski definition) is 4. The number of benzene rings is 6. The monoisotopic (exact) mass is 584 g/mol. The highest BCUT2D eigenvalue weighted by molar-refractivity contribution is 7.26. The van der Waals surface area contributed by atoms with E-state index in [-0.39, 0.29) is 30.1 Å². The second-order valence-electron chi connectivity index (χ2n) is 10.6. The fraction of sp³-hybridized carbons (Fsp3) is 0. The van der Waals surface area contributed by atoms with Crippen LogP contribution in [0.1, 0.15) is 5.48 Å². The van der Waals surface area contributed by atoms with Crippen molar-refractivity contribution in [1.29, 1.82) is 0 Å². The molecule has 6 aromatic carbocycles. The molecule has 9 rings (SSSR count). The highest BCUT2D eigenvalue weighted by Gasteiger charge is 2.21. The van der Waals surface area contributed by atoms with Crippen LogP contribution in [0.5, 0.6) is 0 Å². The van der Waals surface area contributed by atoms with Gasteiger partial charge in [-0.1, -0.05) is 127 Å². The second-order valence-corrected chi connectivity index (χ2v) is 11.6. The van der Waals surface area contributed by atoms with Crippen molar-refractivity contribution in [2.45, 2.75) is 0 Å². The molecule has 0 aliphatic carbocycles. The molecular weight excluding hydrogens is 557 g/mol. The van der Waals surface area contributed by atoms with Crippen LogP contribution in [0.25, 0.3) is 81.8 Å². The first-order valence-electron chi connectivity index (χ1n) is 16.3. The molecule has 4 nitrogen and oxygen atoms in total. The van der Waals surface area contributed by atoms with Gasteiger partial charge in [-0.2, -0.15) is 9.97 Å². The molecule has 0 amide bonds. The van der Waals surface area contributed by atoms with Gasteiger partial charge in [0, 0.05) is 37.4 Å². The Balaban J connectivity index is 1.44. The Kier molecular flexibility index (Phi) is 4.78. The third kappa shape index (κ3) is 3.94. The van der Waals surface area contributed by atoms with Gasteiger partial charge >= 0.3 is 0 Å². The number of nitrogens with zero attached hydrogens (tertiary/aromatic N) is 4.